The molecule has 0 saturated carbocycles. The Morgan fingerprint density at radius 3 is 2.71 bits per heavy atom. The van der Waals surface area contributed by atoms with Gasteiger partial charge in [0.15, 0.2) is 0 Å². The van der Waals surface area contributed by atoms with Gasteiger partial charge in [0.2, 0.25) is 0 Å². The number of hydrogen-bond acceptors (Lipinski definition) is 2. The quantitative estimate of drug-likeness (QED) is 0.809. The van der Waals surface area contributed by atoms with Crippen molar-refractivity contribution in [3.8, 4) is 0 Å². The molecule has 4 heteroatoms. The van der Waals surface area contributed by atoms with Crippen molar-refractivity contribution >= 4 is 0 Å². The molecule has 2 heterocycles. The molecular weight excluding hydrogens is 260 g/mol. The lowest BCUT2D eigenvalue weighted by molar-refractivity contribution is 0.437. The van der Waals surface area contributed by atoms with Gasteiger partial charge >= 0.3 is 0 Å². The molecule has 21 heavy (non-hydrogen) atoms. The topological polar surface area (TPSA) is 34.8 Å². The van der Waals surface area contributed by atoms with Crippen molar-refractivity contribution in [2.75, 3.05) is 6.54 Å². The molecule has 116 valence electrons. The zero-order valence-electron chi connectivity index (χ0n) is 13.7. The van der Waals surface area contributed by atoms with Gasteiger partial charge in [0.25, 0.3) is 0 Å². The highest BCUT2D eigenvalue weighted by Gasteiger charge is 2.18. The maximum atomic E-state index is 4.30. The molecule has 0 saturated heterocycles. The van der Waals surface area contributed by atoms with E-state index in [0.29, 0.717) is 11.8 Å². The second-order valence-corrected chi connectivity index (χ2v) is 6.12. The van der Waals surface area contributed by atoms with Crippen LogP contribution in [0.15, 0.2) is 30.7 Å². The first kappa shape index (κ1) is 15.8. The largest absolute Gasteiger partial charge is 0.354 e. The summed E-state index contributed by atoms with van der Waals surface area (Å²) < 4.78 is 4.25. The SMILES string of the molecule is CCCn1ccc(CNCC(c2ccnn2C)C(C)C)c1. The summed E-state index contributed by atoms with van der Waals surface area (Å²) >= 11 is 0. The van der Waals surface area contributed by atoms with Crippen molar-refractivity contribution < 1.29 is 0 Å². The van der Waals surface area contributed by atoms with Gasteiger partial charge in [-0.15, -0.1) is 0 Å². The van der Waals surface area contributed by atoms with Crippen LogP contribution >= 0.6 is 0 Å². The molecule has 2 aromatic rings. The van der Waals surface area contributed by atoms with Gasteiger partial charge in [-0.25, -0.2) is 0 Å². The normalized spacial score (nSPS) is 13.0. The molecule has 1 atom stereocenters. The van der Waals surface area contributed by atoms with Gasteiger partial charge in [0, 0.05) is 56.9 Å². The highest BCUT2D eigenvalue weighted by molar-refractivity contribution is 5.12. The van der Waals surface area contributed by atoms with Gasteiger partial charge in [-0.05, 0) is 30.0 Å². The summed E-state index contributed by atoms with van der Waals surface area (Å²) in [6.07, 6.45) is 7.47. The Balaban J connectivity index is 1.89. The summed E-state index contributed by atoms with van der Waals surface area (Å²) in [6.45, 7) is 9.77. The molecule has 2 rings (SSSR count). The zero-order valence-corrected chi connectivity index (χ0v) is 13.7. The van der Waals surface area contributed by atoms with Gasteiger partial charge in [-0.3, -0.25) is 4.68 Å². The van der Waals surface area contributed by atoms with Crippen LogP contribution in [0.25, 0.3) is 0 Å². The van der Waals surface area contributed by atoms with Crippen LogP contribution < -0.4 is 5.32 Å². The van der Waals surface area contributed by atoms with E-state index < -0.39 is 0 Å². The van der Waals surface area contributed by atoms with Crippen molar-refractivity contribution in [2.24, 2.45) is 13.0 Å². The second kappa shape index (κ2) is 7.46. The number of hydrogen-bond donors (Lipinski definition) is 1. The number of rotatable bonds is 8. The fraction of sp³-hybridized carbons (Fsp3) is 0.588. The Morgan fingerprint density at radius 1 is 1.29 bits per heavy atom. The molecule has 0 spiro atoms. The lowest BCUT2D eigenvalue weighted by Crippen LogP contribution is -2.26. The lowest BCUT2D eigenvalue weighted by atomic mass is 9.92. The van der Waals surface area contributed by atoms with Crippen LogP contribution in [0.5, 0.6) is 0 Å². The minimum absolute atomic E-state index is 0.496. The Kier molecular flexibility index (Phi) is 5.62. The van der Waals surface area contributed by atoms with Crippen molar-refractivity contribution in [3.05, 3.63) is 42.0 Å². The van der Waals surface area contributed by atoms with Crippen LogP contribution in [0.2, 0.25) is 0 Å². The molecule has 0 aliphatic carbocycles. The van der Waals surface area contributed by atoms with Crippen molar-refractivity contribution in [1.82, 2.24) is 19.7 Å². The summed E-state index contributed by atoms with van der Waals surface area (Å²) in [5.74, 6) is 1.09. The molecule has 0 aromatic carbocycles. The molecule has 1 N–H and O–H groups in total. The molecular formula is C17H28N4. The highest BCUT2D eigenvalue weighted by Crippen LogP contribution is 2.23. The van der Waals surface area contributed by atoms with Crippen LogP contribution in [0.3, 0.4) is 0 Å². The maximum absolute atomic E-state index is 4.30. The summed E-state index contributed by atoms with van der Waals surface area (Å²) in [5.41, 5.74) is 2.66. The second-order valence-electron chi connectivity index (χ2n) is 6.12. The molecule has 2 aromatic heterocycles. The van der Waals surface area contributed by atoms with E-state index in [1.165, 1.54) is 17.7 Å². The molecule has 0 aliphatic rings. The Morgan fingerprint density at radius 2 is 2.10 bits per heavy atom. The van der Waals surface area contributed by atoms with Crippen LogP contribution in [0.4, 0.5) is 0 Å². The Bertz CT molecular complexity index is 538. The van der Waals surface area contributed by atoms with E-state index in [0.717, 1.165) is 19.6 Å². The smallest absolute Gasteiger partial charge is 0.0492 e. The third-order valence-corrected chi connectivity index (χ3v) is 4.03. The van der Waals surface area contributed by atoms with E-state index in [1.54, 1.807) is 0 Å². The van der Waals surface area contributed by atoms with Crippen LogP contribution in [0.1, 0.15) is 44.4 Å². The number of nitrogens with zero attached hydrogens (tertiary/aromatic N) is 3. The first-order valence-electron chi connectivity index (χ1n) is 7.95. The fourth-order valence-corrected chi connectivity index (χ4v) is 2.79. The van der Waals surface area contributed by atoms with E-state index in [4.69, 9.17) is 0 Å². The molecule has 0 bridgehead atoms. The van der Waals surface area contributed by atoms with Crippen LogP contribution in [0, 0.1) is 5.92 Å². The first-order valence-corrected chi connectivity index (χ1v) is 7.95. The maximum Gasteiger partial charge on any atom is 0.0492 e. The van der Waals surface area contributed by atoms with E-state index in [-0.39, 0.29) is 0 Å². The summed E-state index contributed by atoms with van der Waals surface area (Å²) in [7, 11) is 2.02. The van der Waals surface area contributed by atoms with Crippen molar-refractivity contribution in [2.45, 2.75) is 46.2 Å². The minimum Gasteiger partial charge on any atom is -0.354 e. The van der Waals surface area contributed by atoms with Crippen molar-refractivity contribution in [1.29, 1.82) is 0 Å². The Hall–Kier alpha value is -1.55. The number of aromatic nitrogens is 3. The molecule has 0 radical (unpaired) electrons. The van der Waals surface area contributed by atoms with E-state index in [9.17, 15) is 0 Å². The fourth-order valence-electron chi connectivity index (χ4n) is 2.79. The van der Waals surface area contributed by atoms with Gasteiger partial charge in [-0.1, -0.05) is 20.8 Å². The minimum atomic E-state index is 0.496. The predicted molar refractivity (Wildman–Crippen MR) is 87.2 cm³/mol. The van der Waals surface area contributed by atoms with E-state index in [1.807, 2.05) is 17.9 Å². The molecule has 0 fully saturated rings. The molecule has 1 unspecified atom stereocenters. The summed E-state index contributed by atoms with van der Waals surface area (Å²) in [4.78, 5) is 0. The van der Waals surface area contributed by atoms with Gasteiger partial charge in [0.1, 0.15) is 0 Å². The van der Waals surface area contributed by atoms with Crippen molar-refractivity contribution in [3.63, 3.8) is 0 Å². The monoisotopic (exact) mass is 288 g/mol. The molecule has 0 amide bonds. The first-order chi connectivity index (χ1) is 10.1. The average Bonchev–Trinajstić information content (AvgIpc) is 3.04. The van der Waals surface area contributed by atoms with Gasteiger partial charge in [-0.2, -0.15) is 5.10 Å². The average molecular weight is 288 g/mol. The zero-order chi connectivity index (χ0) is 15.2. The number of nitrogens with one attached hydrogen (secondary N) is 1. The van der Waals surface area contributed by atoms with Gasteiger partial charge < -0.3 is 9.88 Å². The molecule has 0 aliphatic heterocycles. The highest BCUT2D eigenvalue weighted by atomic mass is 15.3. The summed E-state index contributed by atoms with van der Waals surface area (Å²) in [6, 6.07) is 4.33. The lowest BCUT2D eigenvalue weighted by Gasteiger charge is -2.21. The Labute approximate surface area is 128 Å². The van der Waals surface area contributed by atoms with E-state index in [2.05, 4.69) is 60.3 Å². The van der Waals surface area contributed by atoms with E-state index >= 15 is 0 Å². The third-order valence-electron chi connectivity index (χ3n) is 4.03. The third kappa shape index (κ3) is 4.21. The standard InChI is InChI=1S/C17H28N4/c1-5-9-21-10-7-15(13-21)11-18-12-16(14(2)3)17-6-8-19-20(17)4/h6-8,10,13-14,16,18H,5,9,11-12H2,1-4H3. The molecule has 4 nitrogen and oxygen atoms in total. The number of aryl methyl sites for hydroxylation is 2. The van der Waals surface area contributed by atoms with Crippen LogP contribution in [-0.2, 0) is 20.1 Å². The van der Waals surface area contributed by atoms with Gasteiger partial charge in [0.05, 0.1) is 0 Å². The summed E-state index contributed by atoms with van der Waals surface area (Å²) in [5, 5.41) is 7.90. The predicted octanol–water partition coefficient (Wildman–Crippen LogP) is 3.16. The van der Waals surface area contributed by atoms with Crippen LogP contribution in [-0.4, -0.2) is 20.9 Å².